The van der Waals surface area contributed by atoms with Crippen molar-refractivity contribution in [3.8, 4) is 11.5 Å². The predicted octanol–water partition coefficient (Wildman–Crippen LogP) is 5.72. The van der Waals surface area contributed by atoms with Crippen LogP contribution in [0.2, 0.25) is 5.02 Å². The second kappa shape index (κ2) is 15.6. The van der Waals surface area contributed by atoms with Crippen LogP contribution in [0.15, 0.2) is 108 Å². The van der Waals surface area contributed by atoms with Crippen LogP contribution in [0.25, 0.3) is 0 Å². The Morgan fingerprint density at radius 3 is 1.96 bits per heavy atom. The van der Waals surface area contributed by atoms with E-state index in [9.17, 15) is 18.0 Å². The molecule has 2 amide bonds. The van der Waals surface area contributed by atoms with Crippen LogP contribution < -0.4 is 19.1 Å². The summed E-state index contributed by atoms with van der Waals surface area (Å²) in [5.41, 5.74) is 1.86. The van der Waals surface area contributed by atoms with Crippen molar-refractivity contribution in [2.75, 3.05) is 25.1 Å². The van der Waals surface area contributed by atoms with Gasteiger partial charge in [0, 0.05) is 30.1 Å². The van der Waals surface area contributed by atoms with E-state index in [1.54, 1.807) is 12.1 Å². The SMILES string of the molecule is COc1ccc(S(=O)(=O)N(CC(=O)N(Cc2ccccc2)[C@H](Cc2ccccc2)C(=O)NC(C)C)c2ccc(Cl)cc2)cc1OC. The molecule has 4 aromatic rings. The Bertz CT molecular complexity index is 1720. The number of halogens is 1. The summed E-state index contributed by atoms with van der Waals surface area (Å²) in [5.74, 6) is -0.346. The quantitative estimate of drug-likeness (QED) is 0.185. The van der Waals surface area contributed by atoms with E-state index in [1.807, 2.05) is 74.5 Å². The van der Waals surface area contributed by atoms with Crippen molar-refractivity contribution in [1.29, 1.82) is 0 Å². The van der Waals surface area contributed by atoms with Crippen LogP contribution in [-0.4, -0.2) is 58.0 Å². The molecule has 0 heterocycles. The van der Waals surface area contributed by atoms with E-state index in [-0.39, 0.29) is 41.2 Å². The Balaban J connectivity index is 1.81. The van der Waals surface area contributed by atoms with Crippen molar-refractivity contribution >= 4 is 39.1 Å². The summed E-state index contributed by atoms with van der Waals surface area (Å²) in [6, 6.07) is 27.9. The standard InChI is InChI=1S/C35H38ClN3O6S/c1-25(2)37-35(41)31(21-26-11-7-5-8-12-26)38(23-27-13-9-6-10-14-27)34(40)24-39(29-17-15-28(36)16-18-29)46(42,43)30-19-20-32(44-3)33(22-30)45-4/h5-20,22,25,31H,21,23-24H2,1-4H3,(H,37,41)/t31-/m1/s1. The largest absolute Gasteiger partial charge is 0.493 e. The van der Waals surface area contributed by atoms with Gasteiger partial charge < -0.3 is 19.7 Å². The number of nitrogens with zero attached hydrogens (tertiary/aromatic N) is 2. The third-order valence-corrected chi connectivity index (χ3v) is 9.26. The molecule has 0 unspecified atom stereocenters. The summed E-state index contributed by atoms with van der Waals surface area (Å²) >= 11 is 6.14. The molecule has 0 aromatic heterocycles. The number of carbonyl (C=O) groups is 2. The molecule has 0 aliphatic rings. The van der Waals surface area contributed by atoms with E-state index in [1.165, 1.54) is 49.5 Å². The molecule has 1 N–H and O–H groups in total. The van der Waals surface area contributed by atoms with Gasteiger partial charge in [-0.2, -0.15) is 0 Å². The molecule has 0 aliphatic heterocycles. The first-order valence-electron chi connectivity index (χ1n) is 14.7. The first-order valence-corrected chi connectivity index (χ1v) is 16.5. The first-order chi connectivity index (χ1) is 22.0. The van der Waals surface area contributed by atoms with Gasteiger partial charge >= 0.3 is 0 Å². The highest BCUT2D eigenvalue weighted by Gasteiger charge is 2.35. The smallest absolute Gasteiger partial charge is 0.264 e. The van der Waals surface area contributed by atoms with Gasteiger partial charge in [-0.15, -0.1) is 0 Å². The fourth-order valence-electron chi connectivity index (χ4n) is 4.96. The number of rotatable bonds is 14. The summed E-state index contributed by atoms with van der Waals surface area (Å²) < 4.78 is 40.2. The highest BCUT2D eigenvalue weighted by atomic mass is 35.5. The molecule has 11 heteroatoms. The van der Waals surface area contributed by atoms with Crippen molar-refractivity contribution in [3.63, 3.8) is 0 Å². The van der Waals surface area contributed by atoms with Crippen LogP contribution in [0.1, 0.15) is 25.0 Å². The zero-order chi connectivity index (χ0) is 33.3. The normalized spacial score (nSPS) is 11.9. The number of hydrogen-bond acceptors (Lipinski definition) is 6. The monoisotopic (exact) mass is 663 g/mol. The summed E-state index contributed by atoms with van der Waals surface area (Å²) in [6.45, 7) is 3.18. The van der Waals surface area contributed by atoms with Crippen LogP contribution in [-0.2, 0) is 32.6 Å². The molecule has 4 aromatic carbocycles. The molecule has 1 atom stereocenters. The second-order valence-electron chi connectivity index (χ2n) is 10.9. The average molecular weight is 664 g/mol. The van der Waals surface area contributed by atoms with Gasteiger partial charge in [0.2, 0.25) is 11.8 Å². The van der Waals surface area contributed by atoms with E-state index in [0.29, 0.717) is 10.8 Å². The van der Waals surface area contributed by atoms with Gasteiger partial charge in [0.05, 0.1) is 24.8 Å². The molecule has 0 saturated heterocycles. The lowest BCUT2D eigenvalue weighted by Crippen LogP contribution is -2.54. The minimum absolute atomic E-state index is 0.0769. The van der Waals surface area contributed by atoms with E-state index >= 15 is 0 Å². The molecule has 0 bridgehead atoms. The van der Waals surface area contributed by atoms with Gasteiger partial charge in [-0.25, -0.2) is 8.42 Å². The maximum Gasteiger partial charge on any atom is 0.264 e. The number of hydrogen-bond donors (Lipinski definition) is 1. The number of carbonyl (C=O) groups excluding carboxylic acids is 2. The highest BCUT2D eigenvalue weighted by molar-refractivity contribution is 7.92. The number of nitrogens with one attached hydrogen (secondary N) is 1. The fourth-order valence-corrected chi connectivity index (χ4v) is 6.51. The number of anilines is 1. The Morgan fingerprint density at radius 2 is 1.39 bits per heavy atom. The van der Waals surface area contributed by atoms with Crippen molar-refractivity contribution in [3.05, 3.63) is 119 Å². The molecule has 4 rings (SSSR count). The van der Waals surface area contributed by atoms with Crippen LogP contribution in [0.5, 0.6) is 11.5 Å². The molecule has 9 nitrogen and oxygen atoms in total. The predicted molar refractivity (Wildman–Crippen MR) is 180 cm³/mol. The van der Waals surface area contributed by atoms with Crippen LogP contribution in [0.4, 0.5) is 5.69 Å². The van der Waals surface area contributed by atoms with E-state index < -0.39 is 28.5 Å². The van der Waals surface area contributed by atoms with Crippen molar-refractivity contribution in [2.45, 2.75) is 43.8 Å². The highest BCUT2D eigenvalue weighted by Crippen LogP contribution is 2.33. The van der Waals surface area contributed by atoms with Crippen molar-refractivity contribution in [1.82, 2.24) is 10.2 Å². The summed E-state index contributed by atoms with van der Waals surface area (Å²) in [7, 11) is -1.48. The zero-order valence-corrected chi connectivity index (χ0v) is 27.8. The average Bonchev–Trinajstić information content (AvgIpc) is 3.05. The Kier molecular flexibility index (Phi) is 11.7. The number of sulfonamides is 1. The topological polar surface area (TPSA) is 105 Å². The fraction of sp³-hybridized carbons (Fsp3) is 0.257. The molecule has 242 valence electrons. The van der Waals surface area contributed by atoms with E-state index in [2.05, 4.69) is 5.32 Å². The van der Waals surface area contributed by atoms with Gasteiger partial charge in [0.25, 0.3) is 10.0 Å². The molecule has 0 fully saturated rings. The summed E-state index contributed by atoms with van der Waals surface area (Å²) in [5, 5.41) is 3.35. The van der Waals surface area contributed by atoms with Crippen molar-refractivity contribution < 1.29 is 27.5 Å². The third kappa shape index (κ3) is 8.58. The number of methoxy groups -OCH3 is 2. The van der Waals surface area contributed by atoms with Gasteiger partial charge in [-0.3, -0.25) is 13.9 Å². The minimum atomic E-state index is -4.34. The molecule has 46 heavy (non-hydrogen) atoms. The number of amides is 2. The third-order valence-electron chi connectivity index (χ3n) is 7.23. The number of ether oxygens (including phenoxy) is 2. The first kappa shape index (κ1) is 34.3. The maximum atomic E-state index is 14.5. The lowest BCUT2D eigenvalue weighted by molar-refractivity contribution is -0.140. The van der Waals surface area contributed by atoms with Crippen LogP contribution in [0, 0.1) is 0 Å². The molecular formula is C35H38ClN3O6S. The lowest BCUT2D eigenvalue weighted by atomic mass is 10.0. The maximum absolute atomic E-state index is 14.5. The Labute approximate surface area is 275 Å². The lowest BCUT2D eigenvalue weighted by Gasteiger charge is -2.34. The number of benzene rings is 4. The van der Waals surface area contributed by atoms with Gasteiger partial charge in [0.15, 0.2) is 11.5 Å². The van der Waals surface area contributed by atoms with Gasteiger partial charge in [-0.05, 0) is 61.4 Å². The Morgan fingerprint density at radius 1 is 0.804 bits per heavy atom. The molecule has 0 aliphatic carbocycles. The van der Waals surface area contributed by atoms with Gasteiger partial charge in [-0.1, -0.05) is 72.3 Å². The minimum Gasteiger partial charge on any atom is -0.493 e. The summed E-state index contributed by atoms with van der Waals surface area (Å²) in [4.78, 5) is 29.6. The summed E-state index contributed by atoms with van der Waals surface area (Å²) in [6.07, 6.45) is 0.224. The molecule has 0 saturated carbocycles. The zero-order valence-electron chi connectivity index (χ0n) is 26.2. The van der Waals surface area contributed by atoms with Crippen LogP contribution in [0.3, 0.4) is 0 Å². The van der Waals surface area contributed by atoms with Gasteiger partial charge in [0.1, 0.15) is 12.6 Å². The molecule has 0 spiro atoms. The van der Waals surface area contributed by atoms with Crippen LogP contribution >= 0.6 is 11.6 Å². The Hall–Kier alpha value is -4.54. The molecular weight excluding hydrogens is 626 g/mol. The van der Waals surface area contributed by atoms with Crippen molar-refractivity contribution in [2.24, 2.45) is 0 Å². The van der Waals surface area contributed by atoms with E-state index in [4.69, 9.17) is 21.1 Å². The van der Waals surface area contributed by atoms with E-state index in [0.717, 1.165) is 15.4 Å². The second-order valence-corrected chi connectivity index (χ2v) is 13.2. The molecule has 0 radical (unpaired) electrons.